The van der Waals surface area contributed by atoms with Gasteiger partial charge in [0.05, 0.1) is 0 Å². The lowest BCUT2D eigenvalue weighted by atomic mass is 10.2. The van der Waals surface area contributed by atoms with E-state index in [0.717, 1.165) is 25.9 Å². The number of hydrogen-bond acceptors (Lipinski definition) is 3. The first kappa shape index (κ1) is 9.46. The van der Waals surface area contributed by atoms with Gasteiger partial charge in [-0.15, -0.1) is 0 Å². The summed E-state index contributed by atoms with van der Waals surface area (Å²) in [6.07, 6.45) is 5.96. The number of aromatic nitrogens is 1. The van der Waals surface area contributed by atoms with Crippen LogP contribution in [0, 0.1) is 0 Å². The first-order chi connectivity index (χ1) is 6.81. The van der Waals surface area contributed by atoms with Crippen molar-refractivity contribution in [2.75, 3.05) is 18.0 Å². The molecule has 0 radical (unpaired) electrons. The maximum atomic E-state index is 5.90. The summed E-state index contributed by atoms with van der Waals surface area (Å²) in [5.74, 6) is 0. The minimum atomic E-state index is 0.341. The van der Waals surface area contributed by atoms with E-state index in [1.54, 1.807) is 0 Å². The van der Waals surface area contributed by atoms with Crippen molar-refractivity contribution < 1.29 is 0 Å². The van der Waals surface area contributed by atoms with Gasteiger partial charge in [0.15, 0.2) is 0 Å². The van der Waals surface area contributed by atoms with Gasteiger partial charge in [0.2, 0.25) is 0 Å². The fourth-order valence-electron chi connectivity index (χ4n) is 2.01. The van der Waals surface area contributed by atoms with Gasteiger partial charge in [-0.2, -0.15) is 0 Å². The van der Waals surface area contributed by atoms with E-state index in [4.69, 9.17) is 5.73 Å². The van der Waals surface area contributed by atoms with Crippen LogP contribution in [0.4, 0.5) is 5.69 Å². The molecule has 2 rings (SSSR count). The van der Waals surface area contributed by atoms with Crippen molar-refractivity contribution in [3.63, 3.8) is 0 Å². The molecule has 1 aliphatic rings. The van der Waals surface area contributed by atoms with E-state index >= 15 is 0 Å². The Kier molecular flexibility index (Phi) is 2.68. The Labute approximate surface area is 84.9 Å². The lowest BCUT2D eigenvalue weighted by molar-refractivity contribution is 0.752. The SMILES string of the molecule is CCc1cnccc1N1CC[C@H](N)C1. The molecule has 3 nitrogen and oxygen atoms in total. The van der Waals surface area contributed by atoms with Crippen LogP contribution in [-0.4, -0.2) is 24.1 Å². The van der Waals surface area contributed by atoms with E-state index in [-0.39, 0.29) is 0 Å². The molecule has 76 valence electrons. The van der Waals surface area contributed by atoms with Gasteiger partial charge in [0.1, 0.15) is 0 Å². The second-order valence-corrected chi connectivity index (χ2v) is 3.85. The second-order valence-electron chi connectivity index (χ2n) is 3.85. The van der Waals surface area contributed by atoms with Crippen molar-refractivity contribution in [2.45, 2.75) is 25.8 Å². The van der Waals surface area contributed by atoms with Crippen LogP contribution in [0.3, 0.4) is 0 Å². The van der Waals surface area contributed by atoms with Crippen molar-refractivity contribution in [1.29, 1.82) is 0 Å². The number of nitrogens with two attached hydrogens (primary N) is 1. The Morgan fingerprint density at radius 2 is 2.50 bits per heavy atom. The molecule has 1 fully saturated rings. The van der Waals surface area contributed by atoms with Crippen molar-refractivity contribution in [3.8, 4) is 0 Å². The Morgan fingerprint density at radius 1 is 1.64 bits per heavy atom. The summed E-state index contributed by atoms with van der Waals surface area (Å²) in [7, 11) is 0. The summed E-state index contributed by atoms with van der Waals surface area (Å²) in [5.41, 5.74) is 8.53. The first-order valence-electron chi connectivity index (χ1n) is 5.24. The van der Waals surface area contributed by atoms with Gasteiger partial charge in [0.25, 0.3) is 0 Å². The molecule has 14 heavy (non-hydrogen) atoms. The van der Waals surface area contributed by atoms with Crippen LogP contribution in [0.15, 0.2) is 18.5 Å². The molecule has 3 heteroatoms. The maximum Gasteiger partial charge on any atom is 0.0430 e. The highest BCUT2D eigenvalue weighted by Gasteiger charge is 2.20. The Balaban J connectivity index is 2.22. The predicted molar refractivity (Wildman–Crippen MR) is 58.4 cm³/mol. The molecule has 0 amide bonds. The molecule has 0 aliphatic carbocycles. The average Bonchev–Trinajstić information content (AvgIpc) is 2.65. The number of hydrogen-bond donors (Lipinski definition) is 1. The summed E-state index contributed by atoms with van der Waals surface area (Å²) in [5, 5.41) is 0. The van der Waals surface area contributed by atoms with E-state index in [9.17, 15) is 0 Å². The van der Waals surface area contributed by atoms with Crippen LogP contribution in [0.5, 0.6) is 0 Å². The largest absolute Gasteiger partial charge is 0.370 e. The van der Waals surface area contributed by atoms with E-state index in [1.807, 2.05) is 12.4 Å². The highest BCUT2D eigenvalue weighted by molar-refractivity contribution is 5.53. The molecule has 0 aromatic carbocycles. The molecule has 0 spiro atoms. The van der Waals surface area contributed by atoms with Gasteiger partial charge in [-0.25, -0.2) is 0 Å². The molecule has 1 aromatic heterocycles. The number of aryl methyl sites for hydroxylation is 1. The number of anilines is 1. The van der Waals surface area contributed by atoms with E-state index in [0.29, 0.717) is 6.04 Å². The first-order valence-corrected chi connectivity index (χ1v) is 5.24. The minimum absolute atomic E-state index is 0.341. The molecule has 2 N–H and O–H groups in total. The van der Waals surface area contributed by atoms with Crippen LogP contribution in [0.1, 0.15) is 18.9 Å². The van der Waals surface area contributed by atoms with Crippen LogP contribution in [0.25, 0.3) is 0 Å². The predicted octanol–water partition coefficient (Wildman–Crippen LogP) is 1.18. The summed E-state index contributed by atoms with van der Waals surface area (Å²) in [6.45, 7) is 4.23. The molecule has 1 aliphatic heterocycles. The van der Waals surface area contributed by atoms with E-state index < -0.39 is 0 Å². The zero-order valence-corrected chi connectivity index (χ0v) is 8.61. The molecule has 0 saturated carbocycles. The normalized spacial score (nSPS) is 21.6. The molecule has 1 aromatic rings. The van der Waals surface area contributed by atoms with Crippen molar-refractivity contribution in [3.05, 3.63) is 24.0 Å². The average molecular weight is 191 g/mol. The van der Waals surface area contributed by atoms with Crippen LogP contribution >= 0.6 is 0 Å². The minimum Gasteiger partial charge on any atom is -0.370 e. The summed E-state index contributed by atoms with van der Waals surface area (Å²) in [6, 6.07) is 2.43. The van der Waals surface area contributed by atoms with Gasteiger partial charge in [-0.1, -0.05) is 6.92 Å². The topological polar surface area (TPSA) is 42.2 Å². The lowest BCUT2D eigenvalue weighted by Crippen LogP contribution is -2.26. The van der Waals surface area contributed by atoms with E-state index in [2.05, 4.69) is 22.9 Å². The van der Waals surface area contributed by atoms with Gasteiger partial charge in [-0.3, -0.25) is 4.98 Å². The number of nitrogens with zero attached hydrogens (tertiary/aromatic N) is 2. The lowest BCUT2D eigenvalue weighted by Gasteiger charge is -2.20. The molecule has 0 unspecified atom stereocenters. The number of pyridine rings is 1. The Hall–Kier alpha value is -1.09. The highest BCUT2D eigenvalue weighted by Crippen LogP contribution is 2.23. The van der Waals surface area contributed by atoms with Crippen molar-refractivity contribution >= 4 is 5.69 Å². The smallest absolute Gasteiger partial charge is 0.0430 e. The number of rotatable bonds is 2. The highest BCUT2D eigenvalue weighted by atomic mass is 15.2. The summed E-state index contributed by atoms with van der Waals surface area (Å²) in [4.78, 5) is 6.51. The monoisotopic (exact) mass is 191 g/mol. The third-order valence-corrected chi connectivity index (χ3v) is 2.82. The fourth-order valence-corrected chi connectivity index (χ4v) is 2.01. The van der Waals surface area contributed by atoms with Gasteiger partial charge < -0.3 is 10.6 Å². The molecule has 1 atom stereocenters. The van der Waals surface area contributed by atoms with Crippen molar-refractivity contribution in [1.82, 2.24) is 4.98 Å². The van der Waals surface area contributed by atoms with Gasteiger partial charge >= 0.3 is 0 Å². The maximum absolute atomic E-state index is 5.90. The Bertz CT molecular complexity index is 311. The van der Waals surface area contributed by atoms with Gasteiger partial charge in [0, 0.05) is 37.2 Å². The molecular weight excluding hydrogens is 174 g/mol. The molecule has 0 bridgehead atoms. The van der Waals surface area contributed by atoms with Crippen molar-refractivity contribution in [2.24, 2.45) is 5.73 Å². The van der Waals surface area contributed by atoms with Gasteiger partial charge in [-0.05, 0) is 24.5 Å². The third kappa shape index (κ3) is 1.73. The van der Waals surface area contributed by atoms with E-state index in [1.165, 1.54) is 11.3 Å². The second kappa shape index (κ2) is 3.96. The molecule has 2 heterocycles. The molecule has 1 saturated heterocycles. The third-order valence-electron chi connectivity index (χ3n) is 2.82. The van der Waals surface area contributed by atoms with Crippen LogP contribution < -0.4 is 10.6 Å². The molecular formula is C11H17N3. The zero-order valence-electron chi connectivity index (χ0n) is 8.61. The fraction of sp³-hybridized carbons (Fsp3) is 0.545. The van der Waals surface area contributed by atoms with Crippen LogP contribution in [0.2, 0.25) is 0 Å². The summed E-state index contributed by atoms with van der Waals surface area (Å²) < 4.78 is 0. The zero-order chi connectivity index (χ0) is 9.97. The quantitative estimate of drug-likeness (QED) is 0.763. The standard InChI is InChI=1S/C11H17N3/c1-2-9-7-13-5-3-11(9)14-6-4-10(12)8-14/h3,5,7,10H,2,4,6,8,12H2,1H3/t10-/m0/s1. The van der Waals surface area contributed by atoms with Crippen LogP contribution in [-0.2, 0) is 6.42 Å². The summed E-state index contributed by atoms with van der Waals surface area (Å²) >= 11 is 0. The Morgan fingerprint density at radius 3 is 3.14 bits per heavy atom.